The highest BCUT2D eigenvalue weighted by Crippen LogP contribution is 2.41. The summed E-state index contributed by atoms with van der Waals surface area (Å²) < 4.78 is 1.99. The lowest BCUT2D eigenvalue weighted by atomic mass is 9.97. The van der Waals surface area contributed by atoms with Crippen LogP contribution in [0, 0.1) is 6.92 Å². The Kier molecular flexibility index (Phi) is 6.13. The SMILES string of the molecule is Cc1cccc2c(O)cc3c(c12)CCN3C(=O)c1ccc2c(c1)nc(-c1ccc(NC(=O)c3ccc(N)cc3)cc1)n2C. The van der Waals surface area contributed by atoms with Crippen LogP contribution in [0.15, 0.2) is 91.0 Å². The molecule has 2 heterocycles. The summed E-state index contributed by atoms with van der Waals surface area (Å²) in [6.07, 6.45) is 0.731. The van der Waals surface area contributed by atoms with Crippen molar-refractivity contribution >= 4 is 50.7 Å². The van der Waals surface area contributed by atoms with Crippen LogP contribution in [0.1, 0.15) is 31.8 Å². The number of fused-ring (bicyclic) bond motifs is 4. The number of nitrogens with two attached hydrogens (primary N) is 1. The highest BCUT2D eigenvalue weighted by atomic mass is 16.3. The monoisotopic (exact) mass is 567 g/mol. The molecule has 8 nitrogen and oxygen atoms in total. The van der Waals surface area contributed by atoms with Gasteiger partial charge in [0.2, 0.25) is 0 Å². The fraction of sp³-hybridized carbons (Fsp3) is 0.114. The number of rotatable bonds is 4. The van der Waals surface area contributed by atoms with Crippen molar-refractivity contribution < 1.29 is 14.7 Å². The van der Waals surface area contributed by atoms with E-state index in [1.807, 2.05) is 79.2 Å². The van der Waals surface area contributed by atoms with Gasteiger partial charge in [-0.05, 0) is 96.6 Å². The van der Waals surface area contributed by atoms with Crippen LogP contribution >= 0.6 is 0 Å². The molecule has 0 atom stereocenters. The van der Waals surface area contributed by atoms with Crippen LogP contribution < -0.4 is 16.0 Å². The van der Waals surface area contributed by atoms with E-state index < -0.39 is 0 Å². The van der Waals surface area contributed by atoms with Crippen LogP contribution in [0.4, 0.5) is 17.1 Å². The van der Waals surface area contributed by atoms with Crippen molar-refractivity contribution in [1.82, 2.24) is 9.55 Å². The van der Waals surface area contributed by atoms with Crippen molar-refractivity contribution in [2.24, 2.45) is 7.05 Å². The average Bonchev–Trinajstić information content (AvgIpc) is 3.58. The Labute approximate surface area is 248 Å². The van der Waals surface area contributed by atoms with E-state index in [9.17, 15) is 14.7 Å². The van der Waals surface area contributed by atoms with Gasteiger partial charge in [-0.2, -0.15) is 0 Å². The minimum absolute atomic E-state index is 0.124. The molecular weight excluding hydrogens is 538 g/mol. The van der Waals surface area contributed by atoms with Gasteiger partial charge in [0.25, 0.3) is 11.8 Å². The minimum atomic E-state index is -0.216. The zero-order valence-electron chi connectivity index (χ0n) is 23.8. The molecule has 43 heavy (non-hydrogen) atoms. The zero-order chi connectivity index (χ0) is 29.8. The number of carbonyl (C=O) groups is 2. The summed E-state index contributed by atoms with van der Waals surface area (Å²) in [5.74, 6) is 0.584. The molecule has 7 rings (SSSR count). The number of nitrogen functional groups attached to an aromatic ring is 1. The number of amides is 2. The first-order valence-electron chi connectivity index (χ1n) is 14.1. The van der Waals surface area contributed by atoms with E-state index in [0.717, 1.165) is 50.9 Å². The molecule has 2 amide bonds. The topological polar surface area (TPSA) is 113 Å². The first-order valence-corrected chi connectivity index (χ1v) is 14.1. The van der Waals surface area contributed by atoms with Gasteiger partial charge in [0.05, 0.1) is 16.7 Å². The second kappa shape index (κ2) is 10.0. The number of aryl methyl sites for hydroxylation is 2. The smallest absolute Gasteiger partial charge is 0.258 e. The number of hydrogen-bond acceptors (Lipinski definition) is 5. The maximum Gasteiger partial charge on any atom is 0.258 e. The maximum atomic E-state index is 13.8. The zero-order valence-corrected chi connectivity index (χ0v) is 23.8. The van der Waals surface area contributed by atoms with Crippen molar-refractivity contribution in [1.29, 1.82) is 0 Å². The number of benzene rings is 5. The number of phenols is 1. The number of hydrogen-bond donors (Lipinski definition) is 3. The van der Waals surface area contributed by atoms with E-state index >= 15 is 0 Å². The van der Waals surface area contributed by atoms with Crippen molar-refractivity contribution in [2.45, 2.75) is 13.3 Å². The van der Waals surface area contributed by atoms with Crippen LogP contribution in [-0.4, -0.2) is 33.0 Å². The first kappa shape index (κ1) is 26.3. The number of aromatic hydroxyl groups is 1. The molecule has 0 saturated carbocycles. The number of nitrogens with zero attached hydrogens (tertiary/aromatic N) is 3. The number of aromatic nitrogens is 2. The molecule has 0 saturated heterocycles. The molecule has 6 aromatic rings. The summed E-state index contributed by atoms with van der Waals surface area (Å²) in [5.41, 5.74) is 13.5. The van der Waals surface area contributed by atoms with Crippen LogP contribution in [0.2, 0.25) is 0 Å². The number of nitrogens with one attached hydrogen (secondary N) is 1. The normalized spacial score (nSPS) is 12.6. The Bertz CT molecular complexity index is 2080. The molecule has 0 fully saturated rings. The third-order valence-corrected chi connectivity index (χ3v) is 8.26. The number of anilines is 3. The quantitative estimate of drug-likeness (QED) is 0.212. The fourth-order valence-corrected chi connectivity index (χ4v) is 6.04. The lowest BCUT2D eigenvalue weighted by Gasteiger charge is -2.19. The largest absolute Gasteiger partial charge is 0.507 e. The predicted octanol–water partition coefficient (Wildman–Crippen LogP) is 6.44. The summed E-state index contributed by atoms with van der Waals surface area (Å²) in [6.45, 7) is 2.58. The van der Waals surface area contributed by atoms with Gasteiger partial charge in [-0.3, -0.25) is 9.59 Å². The second-order valence-corrected chi connectivity index (χ2v) is 10.9. The molecule has 1 aromatic heterocycles. The van der Waals surface area contributed by atoms with Gasteiger partial charge in [-0.1, -0.05) is 18.2 Å². The van der Waals surface area contributed by atoms with Gasteiger partial charge in [0.1, 0.15) is 11.6 Å². The van der Waals surface area contributed by atoms with Gasteiger partial charge in [0, 0.05) is 53.1 Å². The lowest BCUT2D eigenvalue weighted by Crippen LogP contribution is -2.28. The molecule has 5 aromatic carbocycles. The highest BCUT2D eigenvalue weighted by Gasteiger charge is 2.29. The third kappa shape index (κ3) is 4.44. The molecule has 4 N–H and O–H groups in total. The summed E-state index contributed by atoms with van der Waals surface area (Å²) in [5, 5.41) is 15.5. The number of carbonyl (C=O) groups excluding carboxylic acids is 2. The maximum absolute atomic E-state index is 13.8. The van der Waals surface area contributed by atoms with Crippen molar-refractivity contribution in [3.63, 3.8) is 0 Å². The Balaban J connectivity index is 1.15. The van der Waals surface area contributed by atoms with Gasteiger partial charge in [0.15, 0.2) is 0 Å². The molecule has 8 heteroatoms. The average molecular weight is 568 g/mol. The number of phenolic OH excluding ortho intramolecular Hbond substituents is 1. The summed E-state index contributed by atoms with van der Waals surface area (Å²) in [6, 6.07) is 27.4. The van der Waals surface area contributed by atoms with Gasteiger partial charge >= 0.3 is 0 Å². The predicted molar refractivity (Wildman–Crippen MR) is 171 cm³/mol. The van der Waals surface area contributed by atoms with E-state index in [2.05, 4.69) is 5.32 Å². The Morgan fingerprint density at radius 2 is 1.67 bits per heavy atom. The van der Waals surface area contributed by atoms with E-state index in [1.54, 1.807) is 35.2 Å². The van der Waals surface area contributed by atoms with Crippen molar-refractivity contribution in [3.8, 4) is 17.1 Å². The summed E-state index contributed by atoms with van der Waals surface area (Å²) in [7, 11) is 1.94. The van der Waals surface area contributed by atoms with E-state index in [4.69, 9.17) is 10.7 Å². The van der Waals surface area contributed by atoms with Crippen molar-refractivity contribution in [2.75, 3.05) is 22.5 Å². The first-order chi connectivity index (χ1) is 20.8. The second-order valence-electron chi connectivity index (χ2n) is 10.9. The Hall–Kier alpha value is -5.63. The van der Waals surface area contributed by atoms with Gasteiger partial charge in [-0.25, -0.2) is 4.98 Å². The van der Waals surface area contributed by atoms with Crippen LogP contribution in [-0.2, 0) is 13.5 Å². The molecule has 0 radical (unpaired) electrons. The van der Waals surface area contributed by atoms with Crippen LogP contribution in [0.3, 0.4) is 0 Å². The Morgan fingerprint density at radius 1 is 0.930 bits per heavy atom. The molecular formula is C35H29N5O3. The molecule has 0 bridgehead atoms. The van der Waals surface area contributed by atoms with Gasteiger partial charge in [-0.15, -0.1) is 0 Å². The summed E-state index contributed by atoms with van der Waals surface area (Å²) >= 11 is 0. The molecule has 0 aliphatic carbocycles. The van der Waals surface area contributed by atoms with Crippen LogP contribution in [0.5, 0.6) is 5.75 Å². The van der Waals surface area contributed by atoms with E-state index in [1.165, 1.54) is 0 Å². The molecule has 1 aliphatic rings. The van der Waals surface area contributed by atoms with E-state index in [0.29, 0.717) is 34.6 Å². The third-order valence-electron chi connectivity index (χ3n) is 8.26. The fourth-order valence-electron chi connectivity index (χ4n) is 6.04. The summed E-state index contributed by atoms with van der Waals surface area (Å²) in [4.78, 5) is 33.0. The Morgan fingerprint density at radius 3 is 2.44 bits per heavy atom. The van der Waals surface area contributed by atoms with Crippen molar-refractivity contribution in [3.05, 3.63) is 113 Å². The molecule has 212 valence electrons. The van der Waals surface area contributed by atoms with E-state index in [-0.39, 0.29) is 17.6 Å². The van der Waals surface area contributed by atoms with Crippen LogP contribution in [0.25, 0.3) is 33.2 Å². The van der Waals surface area contributed by atoms with Gasteiger partial charge < -0.3 is 25.6 Å². The highest BCUT2D eigenvalue weighted by molar-refractivity contribution is 6.11. The lowest BCUT2D eigenvalue weighted by molar-refractivity contribution is 0.0987. The molecule has 0 spiro atoms. The number of imidazole rings is 1. The standard InChI is InChI=1S/C35H29N5O3/c1-20-4-3-5-27-31(41)19-30-26(32(20)27)16-17-40(30)35(43)23-10-15-29-28(18-23)38-33(39(29)2)21-8-13-25(14-9-21)37-34(42)22-6-11-24(36)12-7-22/h3-15,18-19,41H,16-17,36H2,1-2H3,(H,37,42). The molecule has 0 unspecified atom stereocenters. The minimum Gasteiger partial charge on any atom is -0.507 e. The molecule has 1 aliphatic heterocycles.